The Labute approximate surface area is 236 Å². The quantitative estimate of drug-likeness (QED) is 0.238. The van der Waals surface area contributed by atoms with Gasteiger partial charge in [-0.1, -0.05) is 19.4 Å². The highest BCUT2D eigenvalue weighted by Gasteiger charge is 2.33. The average molecular weight is 555 g/mol. The van der Waals surface area contributed by atoms with Gasteiger partial charge in [-0.3, -0.25) is 14.5 Å². The van der Waals surface area contributed by atoms with Gasteiger partial charge < -0.3 is 29.4 Å². The first kappa shape index (κ1) is 29.8. The number of carbonyl (C=O) groups excluding carboxylic acids is 2. The summed E-state index contributed by atoms with van der Waals surface area (Å²) in [6.45, 7) is 5.87. The standard InChI is InChI=1S/C31H42N2O7/c1-3-15-38-25-19-33(20-25)21-26(31(36)23-11-14-28-29(18-23)40-17-16-39-28)32-30(35)8-6-4-5-7-27(34)22-9-12-24(37-2)13-10-22/h9-14,18,25-26,31,36H,3-8,15-17,19-21H2,1-2H3,(H,32,35)/t26-,31-/m1/s1. The van der Waals surface area contributed by atoms with Crippen LogP contribution in [0.4, 0.5) is 0 Å². The molecule has 9 heteroatoms. The highest BCUT2D eigenvalue weighted by molar-refractivity contribution is 5.96. The van der Waals surface area contributed by atoms with Crippen molar-refractivity contribution < 1.29 is 33.6 Å². The number of ether oxygens (including phenoxy) is 4. The van der Waals surface area contributed by atoms with Crippen molar-refractivity contribution in [3.8, 4) is 17.2 Å². The highest BCUT2D eigenvalue weighted by Crippen LogP contribution is 2.33. The summed E-state index contributed by atoms with van der Waals surface area (Å²) in [5.74, 6) is 1.97. The van der Waals surface area contributed by atoms with E-state index in [9.17, 15) is 14.7 Å². The number of fused-ring (bicyclic) bond motifs is 1. The minimum atomic E-state index is -0.905. The summed E-state index contributed by atoms with van der Waals surface area (Å²) >= 11 is 0. The van der Waals surface area contributed by atoms with Crippen LogP contribution in [0.3, 0.4) is 0 Å². The number of hydrogen-bond acceptors (Lipinski definition) is 8. The highest BCUT2D eigenvalue weighted by atomic mass is 16.6. The summed E-state index contributed by atoms with van der Waals surface area (Å²) in [6, 6.07) is 12.0. The van der Waals surface area contributed by atoms with Crippen molar-refractivity contribution in [2.75, 3.05) is 46.6 Å². The number of nitrogens with one attached hydrogen (secondary N) is 1. The lowest BCUT2D eigenvalue weighted by Crippen LogP contribution is -2.57. The summed E-state index contributed by atoms with van der Waals surface area (Å²) in [4.78, 5) is 27.5. The fraction of sp³-hybridized carbons (Fsp3) is 0.548. The second kappa shape index (κ2) is 15.0. The molecule has 0 aromatic heterocycles. The molecular weight excluding hydrogens is 512 g/mol. The molecular formula is C31H42N2O7. The van der Waals surface area contributed by atoms with Crippen molar-refractivity contribution in [1.82, 2.24) is 10.2 Å². The molecule has 1 fully saturated rings. The molecule has 0 bridgehead atoms. The monoisotopic (exact) mass is 554 g/mol. The Bertz CT molecular complexity index is 1100. The minimum absolute atomic E-state index is 0.0884. The van der Waals surface area contributed by atoms with Gasteiger partial charge in [-0.05, 0) is 61.2 Å². The average Bonchev–Trinajstić information content (AvgIpc) is 2.96. The first-order valence-corrected chi connectivity index (χ1v) is 14.3. The van der Waals surface area contributed by atoms with Crippen molar-refractivity contribution in [2.24, 2.45) is 0 Å². The molecule has 2 N–H and O–H groups in total. The van der Waals surface area contributed by atoms with Gasteiger partial charge in [0, 0.05) is 44.6 Å². The first-order valence-electron chi connectivity index (χ1n) is 14.3. The Morgan fingerprint density at radius 2 is 1.75 bits per heavy atom. The van der Waals surface area contributed by atoms with E-state index in [2.05, 4.69) is 17.1 Å². The van der Waals surface area contributed by atoms with Gasteiger partial charge >= 0.3 is 0 Å². The van der Waals surface area contributed by atoms with E-state index >= 15 is 0 Å². The van der Waals surface area contributed by atoms with Crippen LogP contribution in [0.15, 0.2) is 42.5 Å². The molecule has 0 radical (unpaired) electrons. The number of aliphatic hydroxyl groups is 1. The maximum Gasteiger partial charge on any atom is 0.220 e. The van der Waals surface area contributed by atoms with E-state index in [0.717, 1.165) is 38.3 Å². The van der Waals surface area contributed by atoms with E-state index in [0.29, 0.717) is 68.1 Å². The SMILES string of the molecule is CCCOC1CN(C[C@@H](NC(=O)CCCCCC(=O)c2ccc(OC)cc2)[C@H](O)c2ccc3c(c2)OCCO3)C1. The van der Waals surface area contributed by atoms with Crippen LogP contribution in [0.25, 0.3) is 0 Å². The number of amides is 1. The number of hydrogen-bond donors (Lipinski definition) is 2. The van der Waals surface area contributed by atoms with E-state index < -0.39 is 12.1 Å². The minimum Gasteiger partial charge on any atom is -0.497 e. The van der Waals surface area contributed by atoms with Gasteiger partial charge in [0.15, 0.2) is 17.3 Å². The Morgan fingerprint density at radius 1 is 1.02 bits per heavy atom. The van der Waals surface area contributed by atoms with E-state index in [1.165, 1.54) is 0 Å². The second-order valence-corrected chi connectivity index (χ2v) is 10.4. The molecule has 2 aliphatic heterocycles. The van der Waals surface area contributed by atoms with Crippen molar-refractivity contribution in [3.63, 3.8) is 0 Å². The molecule has 1 amide bonds. The molecule has 2 aliphatic rings. The van der Waals surface area contributed by atoms with Gasteiger partial charge in [-0.2, -0.15) is 0 Å². The fourth-order valence-corrected chi connectivity index (χ4v) is 4.99. The third-order valence-electron chi connectivity index (χ3n) is 7.29. The van der Waals surface area contributed by atoms with Crippen molar-refractivity contribution >= 4 is 11.7 Å². The lowest BCUT2D eigenvalue weighted by molar-refractivity contribution is -0.123. The Hall–Kier alpha value is -3.14. The molecule has 0 aliphatic carbocycles. The zero-order valence-corrected chi connectivity index (χ0v) is 23.6. The summed E-state index contributed by atoms with van der Waals surface area (Å²) in [5, 5.41) is 14.4. The predicted molar refractivity (Wildman–Crippen MR) is 151 cm³/mol. The number of carbonyl (C=O) groups is 2. The normalized spacial score (nSPS) is 16.6. The molecule has 0 saturated carbocycles. The van der Waals surface area contributed by atoms with Crippen LogP contribution in [0.1, 0.15) is 67.5 Å². The van der Waals surface area contributed by atoms with Gasteiger partial charge in [0.1, 0.15) is 25.1 Å². The third kappa shape index (κ3) is 8.43. The Kier molecular flexibility index (Phi) is 11.2. The number of likely N-dealkylation sites (tertiary alicyclic amines) is 1. The largest absolute Gasteiger partial charge is 0.497 e. The number of benzene rings is 2. The fourth-order valence-electron chi connectivity index (χ4n) is 4.99. The second-order valence-electron chi connectivity index (χ2n) is 10.4. The van der Waals surface area contributed by atoms with Crippen LogP contribution in [-0.4, -0.2) is 80.4 Å². The van der Waals surface area contributed by atoms with E-state index in [1.807, 2.05) is 6.07 Å². The molecule has 0 unspecified atom stereocenters. The Morgan fingerprint density at radius 3 is 2.48 bits per heavy atom. The van der Waals surface area contributed by atoms with Crippen molar-refractivity contribution in [1.29, 1.82) is 0 Å². The lowest BCUT2D eigenvalue weighted by atomic mass is 9.99. The van der Waals surface area contributed by atoms with Crippen LogP contribution in [-0.2, 0) is 9.53 Å². The van der Waals surface area contributed by atoms with E-state index in [4.69, 9.17) is 18.9 Å². The van der Waals surface area contributed by atoms with E-state index in [-0.39, 0.29) is 17.8 Å². The third-order valence-corrected chi connectivity index (χ3v) is 7.29. The van der Waals surface area contributed by atoms with Crippen LogP contribution in [0, 0.1) is 0 Å². The molecule has 2 aromatic rings. The van der Waals surface area contributed by atoms with Gasteiger partial charge in [-0.25, -0.2) is 0 Å². The van der Waals surface area contributed by atoms with Crippen LogP contribution >= 0.6 is 0 Å². The molecule has 2 aromatic carbocycles. The smallest absolute Gasteiger partial charge is 0.220 e. The van der Waals surface area contributed by atoms with Gasteiger partial charge in [0.2, 0.25) is 5.91 Å². The zero-order chi connectivity index (χ0) is 28.3. The molecule has 40 heavy (non-hydrogen) atoms. The summed E-state index contributed by atoms with van der Waals surface area (Å²) in [7, 11) is 1.60. The summed E-state index contributed by atoms with van der Waals surface area (Å²) in [6.07, 6.45) is 3.21. The van der Waals surface area contributed by atoms with Gasteiger partial charge in [-0.15, -0.1) is 0 Å². The zero-order valence-electron chi connectivity index (χ0n) is 23.6. The van der Waals surface area contributed by atoms with Gasteiger partial charge in [0.25, 0.3) is 0 Å². The number of methoxy groups -OCH3 is 1. The number of aliphatic hydroxyl groups excluding tert-OH is 1. The van der Waals surface area contributed by atoms with Crippen molar-refractivity contribution in [3.05, 3.63) is 53.6 Å². The predicted octanol–water partition coefficient (Wildman–Crippen LogP) is 3.93. The molecule has 0 spiro atoms. The maximum absolute atomic E-state index is 12.9. The number of ketones is 1. The topological polar surface area (TPSA) is 107 Å². The number of nitrogens with zero attached hydrogens (tertiary/aromatic N) is 1. The molecule has 1 saturated heterocycles. The molecule has 4 rings (SSSR count). The number of rotatable bonds is 16. The Balaban J connectivity index is 1.26. The number of Topliss-reactive ketones (excluding diaryl/α,β-unsaturated/α-hetero) is 1. The van der Waals surface area contributed by atoms with Crippen LogP contribution in [0.2, 0.25) is 0 Å². The van der Waals surface area contributed by atoms with Crippen molar-refractivity contribution in [2.45, 2.75) is 63.7 Å². The van der Waals surface area contributed by atoms with Gasteiger partial charge in [0.05, 0.1) is 19.3 Å². The molecule has 218 valence electrons. The first-order chi connectivity index (χ1) is 19.5. The van der Waals surface area contributed by atoms with Crippen LogP contribution < -0.4 is 19.5 Å². The maximum atomic E-state index is 12.9. The lowest BCUT2D eigenvalue weighted by Gasteiger charge is -2.41. The van der Waals surface area contributed by atoms with Crippen LogP contribution in [0.5, 0.6) is 17.2 Å². The number of unbranched alkanes of at least 4 members (excludes halogenated alkanes) is 2. The molecule has 2 atom stereocenters. The molecule has 2 heterocycles. The molecule has 9 nitrogen and oxygen atoms in total. The summed E-state index contributed by atoms with van der Waals surface area (Å²) in [5.41, 5.74) is 1.34. The summed E-state index contributed by atoms with van der Waals surface area (Å²) < 4.78 is 22.2. The van der Waals surface area contributed by atoms with E-state index in [1.54, 1.807) is 43.5 Å².